The molecular formula is C22H21FN6O2. The van der Waals surface area contributed by atoms with Crippen molar-refractivity contribution in [3.8, 4) is 17.1 Å². The van der Waals surface area contributed by atoms with Crippen LogP contribution in [0.15, 0.2) is 48.7 Å². The van der Waals surface area contributed by atoms with Crippen molar-refractivity contribution in [2.24, 2.45) is 0 Å². The fourth-order valence-corrected chi connectivity index (χ4v) is 2.89. The number of nitrogens with two attached hydrogens (primary N) is 1. The lowest BCUT2D eigenvalue weighted by Crippen LogP contribution is -2.30. The Labute approximate surface area is 178 Å². The van der Waals surface area contributed by atoms with Crippen LogP contribution in [0.4, 0.5) is 21.6 Å². The number of nitrogens with zero attached hydrogens (tertiary/aromatic N) is 2. The smallest absolute Gasteiger partial charge is 0.258 e. The number of halogens is 1. The number of anilines is 3. The molecule has 31 heavy (non-hydrogen) atoms. The minimum absolute atomic E-state index is 0.0421. The quantitative estimate of drug-likeness (QED) is 0.327. The molecule has 1 aliphatic carbocycles. The monoisotopic (exact) mass is 420 g/mol. The molecule has 1 aliphatic rings. The van der Waals surface area contributed by atoms with E-state index in [9.17, 15) is 9.18 Å². The molecule has 1 fully saturated rings. The van der Waals surface area contributed by atoms with Gasteiger partial charge in [-0.15, -0.1) is 0 Å². The third-order valence-corrected chi connectivity index (χ3v) is 4.66. The molecule has 4 rings (SSSR count). The van der Waals surface area contributed by atoms with E-state index in [1.807, 2.05) is 0 Å². The zero-order chi connectivity index (χ0) is 21.8. The zero-order valence-corrected chi connectivity index (χ0v) is 16.6. The second-order valence-electron chi connectivity index (χ2n) is 7.15. The van der Waals surface area contributed by atoms with E-state index >= 15 is 0 Å². The fraction of sp³-hybridized carbons (Fsp3) is 0.182. The van der Waals surface area contributed by atoms with Gasteiger partial charge in [-0.25, -0.2) is 14.4 Å². The number of hydrogen-bond donors (Lipinski definition) is 4. The van der Waals surface area contributed by atoms with E-state index in [0.29, 0.717) is 34.1 Å². The Kier molecular flexibility index (Phi) is 5.74. The van der Waals surface area contributed by atoms with Crippen LogP contribution in [0, 0.1) is 11.2 Å². The summed E-state index contributed by atoms with van der Waals surface area (Å²) in [7, 11) is 0. The van der Waals surface area contributed by atoms with Gasteiger partial charge in [0.05, 0.1) is 0 Å². The van der Waals surface area contributed by atoms with Crippen LogP contribution in [-0.2, 0) is 4.79 Å². The summed E-state index contributed by atoms with van der Waals surface area (Å²) in [5, 5.41) is 13.3. The third kappa shape index (κ3) is 5.13. The molecular weight excluding hydrogens is 399 g/mol. The van der Waals surface area contributed by atoms with Crippen LogP contribution in [0.5, 0.6) is 5.75 Å². The van der Waals surface area contributed by atoms with Crippen molar-refractivity contribution in [2.75, 3.05) is 17.7 Å². The number of carbonyl (C=O) groups is 1. The Morgan fingerprint density at radius 3 is 2.87 bits per heavy atom. The Balaban J connectivity index is 1.50. The first-order valence-electron chi connectivity index (χ1n) is 9.74. The zero-order valence-electron chi connectivity index (χ0n) is 16.6. The molecule has 0 radical (unpaired) electrons. The average molecular weight is 420 g/mol. The summed E-state index contributed by atoms with van der Waals surface area (Å²) in [6, 6.07) is 11.4. The SMILES string of the molecule is N=Cc1cc(Nc2ccnc(-c3ccc(F)c(OCC(=O)NC4CC4)c3)n2)ccc1N. The summed E-state index contributed by atoms with van der Waals surface area (Å²) in [4.78, 5) is 20.5. The molecule has 0 atom stereocenters. The van der Waals surface area contributed by atoms with Gasteiger partial charge in [-0.2, -0.15) is 0 Å². The van der Waals surface area contributed by atoms with Crippen molar-refractivity contribution in [1.82, 2.24) is 15.3 Å². The largest absolute Gasteiger partial charge is 0.481 e. The molecule has 0 unspecified atom stereocenters. The number of nitrogen functional groups attached to an aromatic ring is 1. The first-order chi connectivity index (χ1) is 15.0. The van der Waals surface area contributed by atoms with Gasteiger partial charge in [0.2, 0.25) is 0 Å². The van der Waals surface area contributed by atoms with Gasteiger partial charge in [0.15, 0.2) is 24.0 Å². The molecule has 0 bridgehead atoms. The highest BCUT2D eigenvalue weighted by Gasteiger charge is 2.23. The number of benzene rings is 2. The van der Waals surface area contributed by atoms with E-state index in [1.165, 1.54) is 18.3 Å². The maximum absolute atomic E-state index is 14.1. The van der Waals surface area contributed by atoms with Crippen LogP contribution >= 0.6 is 0 Å². The van der Waals surface area contributed by atoms with Crippen LogP contribution in [0.2, 0.25) is 0 Å². The lowest BCUT2D eigenvalue weighted by molar-refractivity contribution is -0.123. The van der Waals surface area contributed by atoms with Crippen LogP contribution in [-0.4, -0.2) is 34.7 Å². The molecule has 3 aromatic rings. The number of carbonyl (C=O) groups excluding carboxylic acids is 1. The Morgan fingerprint density at radius 2 is 2.10 bits per heavy atom. The van der Waals surface area contributed by atoms with E-state index in [-0.39, 0.29) is 24.3 Å². The highest BCUT2D eigenvalue weighted by atomic mass is 19.1. The molecule has 8 nitrogen and oxygen atoms in total. The van der Waals surface area contributed by atoms with Gasteiger partial charge in [0.25, 0.3) is 5.91 Å². The highest BCUT2D eigenvalue weighted by Crippen LogP contribution is 2.26. The number of rotatable bonds is 8. The predicted molar refractivity (Wildman–Crippen MR) is 116 cm³/mol. The van der Waals surface area contributed by atoms with Crippen LogP contribution in [0.1, 0.15) is 18.4 Å². The lowest BCUT2D eigenvalue weighted by Gasteiger charge is -2.11. The second kappa shape index (κ2) is 8.78. The van der Waals surface area contributed by atoms with Crippen molar-refractivity contribution in [1.29, 1.82) is 5.41 Å². The summed E-state index contributed by atoms with van der Waals surface area (Å²) in [5.41, 5.74) is 8.17. The maximum Gasteiger partial charge on any atom is 0.258 e. The number of hydrogen-bond acceptors (Lipinski definition) is 7. The molecule has 1 amide bonds. The average Bonchev–Trinajstić information content (AvgIpc) is 3.58. The van der Waals surface area contributed by atoms with E-state index in [4.69, 9.17) is 15.9 Å². The maximum atomic E-state index is 14.1. The molecule has 1 aromatic heterocycles. The van der Waals surface area contributed by atoms with Gasteiger partial charge in [-0.3, -0.25) is 4.79 Å². The van der Waals surface area contributed by atoms with Gasteiger partial charge in [-0.1, -0.05) is 0 Å². The Morgan fingerprint density at radius 1 is 1.26 bits per heavy atom. The molecule has 0 spiro atoms. The summed E-state index contributed by atoms with van der Waals surface area (Å²) in [6.45, 7) is -0.258. The van der Waals surface area contributed by atoms with E-state index in [0.717, 1.165) is 12.8 Å². The van der Waals surface area contributed by atoms with Crippen LogP contribution in [0.3, 0.4) is 0 Å². The number of nitrogens with one attached hydrogen (secondary N) is 3. The van der Waals surface area contributed by atoms with E-state index in [1.54, 1.807) is 36.5 Å². The van der Waals surface area contributed by atoms with Crippen LogP contribution < -0.4 is 21.1 Å². The number of aromatic nitrogens is 2. The summed E-state index contributed by atoms with van der Waals surface area (Å²) < 4.78 is 19.5. The first-order valence-corrected chi connectivity index (χ1v) is 9.74. The van der Waals surface area contributed by atoms with Crippen molar-refractivity contribution < 1.29 is 13.9 Å². The van der Waals surface area contributed by atoms with E-state index in [2.05, 4.69) is 20.6 Å². The van der Waals surface area contributed by atoms with Crippen molar-refractivity contribution in [2.45, 2.75) is 18.9 Å². The number of ether oxygens (including phenoxy) is 1. The minimum Gasteiger partial charge on any atom is -0.481 e. The second-order valence-corrected chi connectivity index (χ2v) is 7.15. The predicted octanol–water partition coefficient (Wildman–Crippen LogP) is 3.26. The fourth-order valence-electron chi connectivity index (χ4n) is 2.89. The summed E-state index contributed by atoms with van der Waals surface area (Å²) in [5.74, 6) is -0.0123. The van der Waals surface area contributed by atoms with Gasteiger partial charge >= 0.3 is 0 Å². The molecule has 5 N–H and O–H groups in total. The van der Waals surface area contributed by atoms with Gasteiger partial charge in [-0.05, 0) is 55.3 Å². The molecule has 1 saturated carbocycles. The number of amides is 1. The Bertz CT molecular complexity index is 1130. The molecule has 1 heterocycles. The van der Waals surface area contributed by atoms with E-state index < -0.39 is 5.82 Å². The van der Waals surface area contributed by atoms with Crippen molar-refractivity contribution in [3.63, 3.8) is 0 Å². The van der Waals surface area contributed by atoms with Crippen molar-refractivity contribution in [3.05, 3.63) is 60.0 Å². The summed E-state index contributed by atoms with van der Waals surface area (Å²) in [6.07, 6.45) is 4.69. The molecule has 0 saturated heterocycles. The first kappa shape index (κ1) is 20.3. The molecule has 158 valence electrons. The highest BCUT2D eigenvalue weighted by molar-refractivity contribution is 5.87. The molecule has 0 aliphatic heterocycles. The molecule has 9 heteroatoms. The molecule has 2 aromatic carbocycles. The third-order valence-electron chi connectivity index (χ3n) is 4.66. The van der Waals surface area contributed by atoms with Gasteiger partial charge in [0, 0.05) is 41.0 Å². The topological polar surface area (TPSA) is 126 Å². The lowest BCUT2D eigenvalue weighted by atomic mass is 10.1. The van der Waals surface area contributed by atoms with Gasteiger partial charge in [0.1, 0.15) is 5.82 Å². The standard InChI is InChI=1S/C22H21FN6O2/c23-17-5-1-13(10-19(17)31-12-21(30)28-15-2-3-15)22-26-8-7-20(29-22)27-16-4-6-18(25)14(9-16)11-24/h1,4-11,15,24H,2-3,12,25H2,(H,28,30)(H,26,27,29). The Hall–Kier alpha value is -4.01. The normalized spacial score (nSPS) is 12.8. The van der Waals surface area contributed by atoms with Crippen LogP contribution in [0.25, 0.3) is 11.4 Å². The minimum atomic E-state index is -0.571. The summed E-state index contributed by atoms with van der Waals surface area (Å²) >= 11 is 0. The van der Waals surface area contributed by atoms with Gasteiger partial charge < -0.3 is 26.5 Å². The van der Waals surface area contributed by atoms with Crippen molar-refractivity contribution >= 4 is 29.3 Å².